The van der Waals surface area contributed by atoms with Crippen LogP contribution in [0.1, 0.15) is 18.1 Å². The van der Waals surface area contributed by atoms with Gasteiger partial charge in [-0.3, -0.25) is 0 Å². The molecule has 0 amide bonds. The molecule has 0 bridgehead atoms. The first-order chi connectivity index (χ1) is 10.1. The highest BCUT2D eigenvalue weighted by Gasteiger charge is 2.08. The van der Waals surface area contributed by atoms with Crippen molar-refractivity contribution in [2.45, 2.75) is 20.0 Å². The Kier molecular flexibility index (Phi) is 5.28. The van der Waals surface area contributed by atoms with E-state index in [0.717, 1.165) is 17.8 Å². The minimum Gasteiger partial charge on any atom is -0.370 e. The lowest BCUT2D eigenvalue weighted by molar-refractivity contribution is 0.606. The Morgan fingerprint density at radius 3 is 2.57 bits per heavy atom. The number of nitrogens with one attached hydrogen (secondary N) is 1. The molecule has 1 N–H and O–H groups in total. The van der Waals surface area contributed by atoms with E-state index in [1.54, 1.807) is 18.2 Å². The molecule has 0 heterocycles. The number of rotatable bonds is 6. The summed E-state index contributed by atoms with van der Waals surface area (Å²) in [5, 5.41) is 3.17. The molecule has 112 valence electrons. The van der Waals surface area contributed by atoms with E-state index in [4.69, 9.17) is 0 Å². The molecule has 2 nitrogen and oxygen atoms in total. The summed E-state index contributed by atoms with van der Waals surface area (Å²) in [6, 6.07) is 11.5. The van der Waals surface area contributed by atoms with E-state index in [1.807, 2.05) is 24.9 Å². The van der Waals surface area contributed by atoms with Crippen molar-refractivity contribution >= 4 is 5.69 Å². The maximum absolute atomic E-state index is 13.7. The normalized spacial score (nSPS) is 10.7. The molecule has 0 radical (unpaired) electrons. The van der Waals surface area contributed by atoms with Crippen LogP contribution in [0, 0.1) is 11.6 Å². The van der Waals surface area contributed by atoms with E-state index in [-0.39, 0.29) is 11.6 Å². The van der Waals surface area contributed by atoms with Crippen LogP contribution in [0.25, 0.3) is 0 Å². The van der Waals surface area contributed by atoms with Crippen molar-refractivity contribution in [1.29, 1.82) is 0 Å². The molecule has 0 spiro atoms. The van der Waals surface area contributed by atoms with Gasteiger partial charge in [-0.25, -0.2) is 8.78 Å². The van der Waals surface area contributed by atoms with Gasteiger partial charge >= 0.3 is 0 Å². The Bertz CT molecular complexity index is 599. The van der Waals surface area contributed by atoms with Gasteiger partial charge in [-0.2, -0.15) is 0 Å². The van der Waals surface area contributed by atoms with Gasteiger partial charge in [-0.05, 0) is 36.4 Å². The summed E-state index contributed by atoms with van der Waals surface area (Å²) >= 11 is 0. The third kappa shape index (κ3) is 4.26. The summed E-state index contributed by atoms with van der Waals surface area (Å²) < 4.78 is 27.4. The van der Waals surface area contributed by atoms with Crippen LogP contribution < -0.4 is 10.2 Å². The van der Waals surface area contributed by atoms with Gasteiger partial charge in [0.05, 0.1) is 0 Å². The molecule has 2 aromatic carbocycles. The second kappa shape index (κ2) is 7.18. The van der Waals surface area contributed by atoms with E-state index >= 15 is 0 Å². The van der Waals surface area contributed by atoms with E-state index in [2.05, 4.69) is 5.32 Å². The number of nitrogens with zero attached hydrogens (tertiary/aromatic N) is 1. The minimum atomic E-state index is -0.277. The molecule has 0 saturated heterocycles. The standard InChI is InChI=1S/C17H20F2N2/c1-3-20-11-13-8-15(18)10-16(9-13)21(2)12-14-6-4-5-7-17(14)19/h4-10,20H,3,11-12H2,1-2H3. The molecule has 21 heavy (non-hydrogen) atoms. The summed E-state index contributed by atoms with van der Waals surface area (Å²) in [6.07, 6.45) is 0. The summed E-state index contributed by atoms with van der Waals surface area (Å²) in [6.45, 7) is 3.85. The van der Waals surface area contributed by atoms with Crippen molar-refractivity contribution in [3.8, 4) is 0 Å². The fourth-order valence-corrected chi connectivity index (χ4v) is 2.20. The number of halogens is 2. The Balaban J connectivity index is 2.16. The average molecular weight is 290 g/mol. The fourth-order valence-electron chi connectivity index (χ4n) is 2.20. The molecule has 0 aliphatic heterocycles. The van der Waals surface area contributed by atoms with Crippen LogP contribution in [0.3, 0.4) is 0 Å². The minimum absolute atomic E-state index is 0.242. The van der Waals surface area contributed by atoms with Crippen LogP contribution in [0.4, 0.5) is 14.5 Å². The van der Waals surface area contributed by atoms with Crippen LogP contribution in [0.2, 0.25) is 0 Å². The third-order valence-corrected chi connectivity index (χ3v) is 3.33. The monoisotopic (exact) mass is 290 g/mol. The van der Waals surface area contributed by atoms with Gasteiger partial charge in [0.2, 0.25) is 0 Å². The zero-order valence-corrected chi connectivity index (χ0v) is 12.4. The predicted molar refractivity (Wildman–Crippen MR) is 82.3 cm³/mol. The Morgan fingerprint density at radius 2 is 1.86 bits per heavy atom. The molecule has 0 saturated carbocycles. The second-order valence-corrected chi connectivity index (χ2v) is 5.05. The molecule has 0 aliphatic carbocycles. The number of hydrogen-bond donors (Lipinski definition) is 1. The topological polar surface area (TPSA) is 15.3 Å². The van der Waals surface area contributed by atoms with Gasteiger partial charge in [0, 0.05) is 31.4 Å². The van der Waals surface area contributed by atoms with Gasteiger partial charge in [-0.15, -0.1) is 0 Å². The smallest absolute Gasteiger partial charge is 0.128 e. The van der Waals surface area contributed by atoms with E-state index in [9.17, 15) is 8.78 Å². The molecule has 2 aromatic rings. The van der Waals surface area contributed by atoms with Gasteiger partial charge in [0.25, 0.3) is 0 Å². The second-order valence-electron chi connectivity index (χ2n) is 5.05. The van der Waals surface area contributed by atoms with Gasteiger partial charge in [0.1, 0.15) is 11.6 Å². The first-order valence-electron chi connectivity index (χ1n) is 7.05. The number of hydrogen-bond acceptors (Lipinski definition) is 2. The molecule has 2 rings (SSSR count). The van der Waals surface area contributed by atoms with Crippen LogP contribution in [0.5, 0.6) is 0 Å². The number of anilines is 1. The SMILES string of the molecule is CCNCc1cc(F)cc(N(C)Cc2ccccc2F)c1. The molecule has 4 heteroatoms. The van der Waals surface area contributed by atoms with E-state index in [0.29, 0.717) is 18.7 Å². The van der Waals surface area contributed by atoms with Crippen molar-refractivity contribution in [1.82, 2.24) is 5.32 Å². The van der Waals surface area contributed by atoms with Crippen LogP contribution in [-0.2, 0) is 13.1 Å². The average Bonchev–Trinajstić information content (AvgIpc) is 2.47. The molecule has 0 fully saturated rings. The Labute approximate surface area is 124 Å². The van der Waals surface area contributed by atoms with Gasteiger partial charge in [0.15, 0.2) is 0 Å². The van der Waals surface area contributed by atoms with Crippen LogP contribution in [0.15, 0.2) is 42.5 Å². The quantitative estimate of drug-likeness (QED) is 0.872. The largest absolute Gasteiger partial charge is 0.370 e. The molecule has 0 unspecified atom stereocenters. The summed E-state index contributed by atoms with van der Waals surface area (Å²) in [4.78, 5) is 1.84. The highest BCUT2D eigenvalue weighted by Crippen LogP contribution is 2.20. The van der Waals surface area contributed by atoms with Crippen molar-refractivity contribution in [3.63, 3.8) is 0 Å². The number of benzene rings is 2. The van der Waals surface area contributed by atoms with Crippen molar-refractivity contribution in [3.05, 3.63) is 65.2 Å². The molecular formula is C17H20F2N2. The summed E-state index contributed by atoms with van der Waals surface area (Å²) in [5.41, 5.74) is 2.22. The van der Waals surface area contributed by atoms with Crippen molar-refractivity contribution in [2.75, 3.05) is 18.5 Å². The summed E-state index contributed by atoms with van der Waals surface area (Å²) in [5.74, 6) is -0.519. The van der Waals surface area contributed by atoms with Crippen LogP contribution >= 0.6 is 0 Å². The maximum atomic E-state index is 13.7. The van der Waals surface area contributed by atoms with Crippen molar-refractivity contribution < 1.29 is 8.78 Å². The fraction of sp³-hybridized carbons (Fsp3) is 0.294. The predicted octanol–water partition coefficient (Wildman–Crippen LogP) is 3.71. The molecule has 0 aromatic heterocycles. The van der Waals surface area contributed by atoms with E-state index in [1.165, 1.54) is 18.2 Å². The first-order valence-corrected chi connectivity index (χ1v) is 7.05. The van der Waals surface area contributed by atoms with Gasteiger partial charge < -0.3 is 10.2 Å². The third-order valence-electron chi connectivity index (χ3n) is 3.33. The lowest BCUT2D eigenvalue weighted by Crippen LogP contribution is -2.18. The van der Waals surface area contributed by atoms with Gasteiger partial charge in [-0.1, -0.05) is 25.1 Å². The zero-order valence-electron chi connectivity index (χ0n) is 12.4. The molecule has 0 atom stereocenters. The highest BCUT2D eigenvalue weighted by atomic mass is 19.1. The Hall–Kier alpha value is -1.94. The van der Waals surface area contributed by atoms with E-state index < -0.39 is 0 Å². The van der Waals surface area contributed by atoms with Crippen molar-refractivity contribution in [2.24, 2.45) is 0 Å². The highest BCUT2D eigenvalue weighted by molar-refractivity contribution is 5.49. The summed E-state index contributed by atoms with van der Waals surface area (Å²) in [7, 11) is 1.83. The molecular weight excluding hydrogens is 270 g/mol. The Morgan fingerprint density at radius 1 is 1.10 bits per heavy atom. The lowest BCUT2D eigenvalue weighted by Gasteiger charge is -2.21. The van der Waals surface area contributed by atoms with Crippen LogP contribution in [-0.4, -0.2) is 13.6 Å². The first kappa shape index (κ1) is 15.4. The lowest BCUT2D eigenvalue weighted by atomic mass is 10.1. The zero-order chi connectivity index (χ0) is 15.2. The molecule has 0 aliphatic rings. The maximum Gasteiger partial charge on any atom is 0.128 e.